The molecule has 3 aromatic rings. The molecule has 0 unspecified atom stereocenters. The van der Waals surface area contributed by atoms with E-state index in [1.165, 1.54) is 0 Å². The van der Waals surface area contributed by atoms with Gasteiger partial charge in [-0.05, 0) is 36.6 Å². The Morgan fingerprint density at radius 2 is 2.00 bits per heavy atom. The molecule has 1 amide bonds. The number of rotatable bonds is 3. The van der Waals surface area contributed by atoms with Gasteiger partial charge in [-0.2, -0.15) is 5.10 Å². The lowest BCUT2D eigenvalue weighted by molar-refractivity contribution is -0.117. The highest BCUT2D eigenvalue weighted by Crippen LogP contribution is 2.60. The molecule has 6 rings (SSSR count). The quantitative estimate of drug-likeness (QED) is 0.716. The number of carbonyl (C=O) groups is 1. The van der Waals surface area contributed by atoms with Gasteiger partial charge in [0.1, 0.15) is 11.6 Å². The normalized spacial score (nSPS) is 23.4. The number of benzene rings is 2. The molecular formula is C22H19N3O4. The third-order valence-electron chi connectivity index (χ3n) is 6.19. The second-order valence-electron chi connectivity index (χ2n) is 7.72. The first-order valence-corrected chi connectivity index (χ1v) is 9.71. The molecule has 1 fully saturated rings. The number of anilines is 1. The molecule has 0 saturated heterocycles. The largest absolute Gasteiger partial charge is 0.493 e. The number of ether oxygens (including phenoxy) is 3. The minimum Gasteiger partial charge on any atom is -0.493 e. The molecule has 2 aliphatic heterocycles. The Morgan fingerprint density at radius 3 is 2.97 bits per heavy atom. The van der Waals surface area contributed by atoms with Crippen LogP contribution in [0.3, 0.4) is 0 Å². The summed E-state index contributed by atoms with van der Waals surface area (Å²) in [6, 6.07) is 13.7. The Labute approximate surface area is 167 Å². The van der Waals surface area contributed by atoms with Crippen LogP contribution in [-0.2, 0) is 10.2 Å². The van der Waals surface area contributed by atoms with Crippen LogP contribution in [0.1, 0.15) is 18.4 Å². The number of aromatic nitrogens is 2. The van der Waals surface area contributed by atoms with Crippen LogP contribution in [0.4, 0.5) is 5.82 Å². The summed E-state index contributed by atoms with van der Waals surface area (Å²) in [6.45, 7) is 0.871. The molecule has 1 spiro atoms. The number of amides is 1. The number of nitrogens with zero attached hydrogens (tertiary/aromatic N) is 1. The smallest absolute Gasteiger partial charge is 0.231 e. The third-order valence-corrected chi connectivity index (χ3v) is 6.19. The van der Waals surface area contributed by atoms with E-state index in [0.717, 1.165) is 41.0 Å². The van der Waals surface area contributed by atoms with E-state index in [2.05, 4.69) is 21.6 Å². The van der Waals surface area contributed by atoms with Crippen molar-refractivity contribution in [3.8, 4) is 28.4 Å². The van der Waals surface area contributed by atoms with Gasteiger partial charge in [0, 0.05) is 22.5 Å². The van der Waals surface area contributed by atoms with Gasteiger partial charge in [-0.3, -0.25) is 9.89 Å². The summed E-state index contributed by atoms with van der Waals surface area (Å²) in [4.78, 5) is 13.1. The molecule has 0 bridgehead atoms. The Bertz CT molecular complexity index is 1120. The van der Waals surface area contributed by atoms with Crippen molar-refractivity contribution >= 4 is 11.7 Å². The van der Waals surface area contributed by atoms with E-state index < -0.39 is 0 Å². The molecular weight excluding hydrogens is 370 g/mol. The van der Waals surface area contributed by atoms with E-state index in [4.69, 9.17) is 14.2 Å². The van der Waals surface area contributed by atoms with Crippen LogP contribution in [0.15, 0.2) is 48.7 Å². The van der Waals surface area contributed by atoms with Crippen LogP contribution in [0.5, 0.6) is 17.2 Å². The van der Waals surface area contributed by atoms with E-state index in [1.807, 2.05) is 36.4 Å². The minimum atomic E-state index is -0.113. The molecule has 146 valence electrons. The van der Waals surface area contributed by atoms with E-state index in [1.54, 1.807) is 6.20 Å². The molecule has 3 heterocycles. The van der Waals surface area contributed by atoms with Crippen molar-refractivity contribution in [3.63, 3.8) is 0 Å². The molecule has 2 aromatic carbocycles. The highest BCUT2D eigenvalue weighted by atomic mass is 16.7. The van der Waals surface area contributed by atoms with Crippen molar-refractivity contribution < 1.29 is 19.0 Å². The van der Waals surface area contributed by atoms with Gasteiger partial charge in [0.15, 0.2) is 11.5 Å². The Balaban J connectivity index is 1.25. The van der Waals surface area contributed by atoms with E-state index in [9.17, 15) is 4.79 Å². The summed E-state index contributed by atoms with van der Waals surface area (Å²) in [6.07, 6.45) is 3.41. The maximum atomic E-state index is 13.1. The van der Waals surface area contributed by atoms with Crippen molar-refractivity contribution in [3.05, 3.63) is 54.2 Å². The lowest BCUT2D eigenvalue weighted by Crippen LogP contribution is -2.26. The predicted octanol–water partition coefficient (Wildman–Crippen LogP) is 3.48. The molecule has 7 heteroatoms. The van der Waals surface area contributed by atoms with Crippen LogP contribution in [0.25, 0.3) is 11.1 Å². The van der Waals surface area contributed by atoms with E-state index in [-0.39, 0.29) is 24.0 Å². The SMILES string of the molecule is O=C(Nc1[nH]ncc1-c1ccc2c(c1)OCO2)[C@@H]1C[C@]12CCOc1ccccc12. The monoisotopic (exact) mass is 389 g/mol. The number of hydrogen-bond donors (Lipinski definition) is 2. The van der Waals surface area contributed by atoms with Gasteiger partial charge in [-0.1, -0.05) is 24.3 Å². The first-order valence-electron chi connectivity index (χ1n) is 9.71. The Hall–Kier alpha value is -3.48. The lowest BCUT2D eigenvalue weighted by atomic mass is 9.87. The van der Waals surface area contributed by atoms with Gasteiger partial charge >= 0.3 is 0 Å². The van der Waals surface area contributed by atoms with Crippen LogP contribution >= 0.6 is 0 Å². The molecule has 2 atom stereocenters. The average Bonchev–Trinajstić information content (AvgIpc) is 3.07. The van der Waals surface area contributed by atoms with Gasteiger partial charge in [-0.25, -0.2) is 0 Å². The fourth-order valence-electron chi connectivity index (χ4n) is 4.58. The molecule has 1 aliphatic carbocycles. The van der Waals surface area contributed by atoms with Crippen LogP contribution in [0, 0.1) is 5.92 Å². The summed E-state index contributed by atoms with van der Waals surface area (Å²) < 4.78 is 16.6. The van der Waals surface area contributed by atoms with E-state index >= 15 is 0 Å². The van der Waals surface area contributed by atoms with Crippen molar-refractivity contribution in [1.82, 2.24) is 10.2 Å². The van der Waals surface area contributed by atoms with Gasteiger partial charge in [-0.15, -0.1) is 0 Å². The molecule has 1 saturated carbocycles. The number of aromatic amines is 1. The zero-order valence-corrected chi connectivity index (χ0v) is 15.6. The average molecular weight is 389 g/mol. The standard InChI is InChI=1S/C22H19N3O4/c26-21(16-10-22(16)7-8-27-17-4-2-1-3-15(17)22)24-20-14(11-23-25-20)13-5-6-18-19(9-13)29-12-28-18/h1-6,9,11,16H,7-8,10,12H2,(H2,23,24,25,26)/t16-,22-/m0/s1. The highest BCUT2D eigenvalue weighted by Gasteiger charge is 2.61. The molecule has 2 N–H and O–H groups in total. The topological polar surface area (TPSA) is 85.5 Å². The zero-order chi connectivity index (χ0) is 19.4. The molecule has 29 heavy (non-hydrogen) atoms. The number of nitrogens with one attached hydrogen (secondary N) is 2. The van der Waals surface area contributed by atoms with Crippen LogP contribution in [-0.4, -0.2) is 29.5 Å². The number of hydrogen-bond acceptors (Lipinski definition) is 5. The van der Waals surface area contributed by atoms with Crippen molar-refractivity contribution in [2.24, 2.45) is 5.92 Å². The van der Waals surface area contributed by atoms with Gasteiger partial charge in [0.05, 0.1) is 12.8 Å². The number of para-hydroxylation sites is 1. The first-order chi connectivity index (χ1) is 14.2. The maximum absolute atomic E-state index is 13.1. The maximum Gasteiger partial charge on any atom is 0.231 e. The summed E-state index contributed by atoms with van der Waals surface area (Å²) in [7, 11) is 0. The fourth-order valence-corrected chi connectivity index (χ4v) is 4.58. The first kappa shape index (κ1) is 16.5. The van der Waals surface area contributed by atoms with Crippen molar-refractivity contribution in [2.75, 3.05) is 18.7 Å². The summed E-state index contributed by atoms with van der Waals surface area (Å²) in [5, 5.41) is 10.1. The van der Waals surface area contributed by atoms with Crippen molar-refractivity contribution in [2.45, 2.75) is 18.3 Å². The van der Waals surface area contributed by atoms with Gasteiger partial charge in [0.2, 0.25) is 12.7 Å². The fraction of sp³-hybridized carbons (Fsp3) is 0.273. The highest BCUT2D eigenvalue weighted by molar-refractivity contribution is 5.98. The summed E-state index contributed by atoms with van der Waals surface area (Å²) in [5.41, 5.74) is 2.75. The number of carbonyl (C=O) groups excluding carboxylic acids is 1. The molecule has 3 aliphatic rings. The second kappa shape index (κ2) is 6.01. The number of fused-ring (bicyclic) bond motifs is 3. The molecule has 0 radical (unpaired) electrons. The minimum absolute atomic E-state index is 0.00736. The van der Waals surface area contributed by atoms with Crippen molar-refractivity contribution in [1.29, 1.82) is 0 Å². The Morgan fingerprint density at radius 1 is 1.10 bits per heavy atom. The summed E-state index contributed by atoms with van der Waals surface area (Å²) in [5.74, 6) is 2.85. The predicted molar refractivity (Wildman–Crippen MR) is 105 cm³/mol. The molecule has 1 aromatic heterocycles. The summed E-state index contributed by atoms with van der Waals surface area (Å²) >= 11 is 0. The number of H-pyrrole nitrogens is 1. The lowest BCUT2D eigenvalue weighted by Gasteiger charge is -2.26. The second-order valence-corrected chi connectivity index (χ2v) is 7.72. The zero-order valence-electron chi connectivity index (χ0n) is 15.6. The van der Waals surface area contributed by atoms with Gasteiger partial charge in [0.25, 0.3) is 0 Å². The third kappa shape index (κ3) is 2.50. The van der Waals surface area contributed by atoms with Crippen LogP contribution < -0.4 is 19.5 Å². The van der Waals surface area contributed by atoms with Gasteiger partial charge < -0.3 is 19.5 Å². The van der Waals surface area contributed by atoms with Crippen LogP contribution in [0.2, 0.25) is 0 Å². The Kier molecular flexibility index (Phi) is 3.41. The van der Waals surface area contributed by atoms with E-state index in [0.29, 0.717) is 18.2 Å². The molecule has 7 nitrogen and oxygen atoms in total.